The summed E-state index contributed by atoms with van der Waals surface area (Å²) in [7, 11) is 1.39. The van der Waals surface area contributed by atoms with Gasteiger partial charge in [-0.2, -0.15) is 0 Å². The van der Waals surface area contributed by atoms with Crippen LogP contribution in [0.15, 0.2) is 0 Å². The van der Waals surface area contributed by atoms with Crippen molar-refractivity contribution in [2.75, 3.05) is 7.05 Å². The fourth-order valence-corrected chi connectivity index (χ4v) is 1.23. The van der Waals surface area contributed by atoms with Gasteiger partial charge in [-0.05, 0) is 13.3 Å². The number of aliphatic carboxylic acids is 1. The van der Waals surface area contributed by atoms with Gasteiger partial charge in [-0.15, -0.1) is 0 Å². The van der Waals surface area contributed by atoms with Gasteiger partial charge >= 0.3 is 12.0 Å². The fourth-order valence-electron chi connectivity index (χ4n) is 1.23. The van der Waals surface area contributed by atoms with Gasteiger partial charge in [0.1, 0.15) is 6.04 Å². The zero-order valence-corrected chi connectivity index (χ0v) is 10.2. The fraction of sp³-hybridized carbons (Fsp3) is 0.700. The van der Waals surface area contributed by atoms with Gasteiger partial charge < -0.3 is 10.4 Å². The van der Waals surface area contributed by atoms with Gasteiger partial charge in [0.15, 0.2) is 0 Å². The van der Waals surface area contributed by atoms with E-state index in [1.54, 1.807) is 0 Å². The molecule has 0 spiro atoms. The molecule has 0 aromatic heterocycles. The SMILES string of the molecule is CCCC(NC(C)C(=O)NC(=O)NC)C(=O)O. The normalized spacial score (nSPS) is 13.6. The second-order valence-electron chi connectivity index (χ2n) is 3.64. The van der Waals surface area contributed by atoms with Gasteiger partial charge in [0.25, 0.3) is 0 Å². The number of amides is 3. The summed E-state index contributed by atoms with van der Waals surface area (Å²) in [6.45, 7) is 3.36. The van der Waals surface area contributed by atoms with Gasteiger partial charge in [0.05, 0.1) is 6.04 Å². The largest absolute Gasteiger partial charge is 0.480 e. The van der Waals surface area contributed by atoms with E-state index in [0.717, 1.165) is 0 Å². The van der Waals surface area contributed by atoms with E-state index in [1.807, 2.05) is 6.92 Å². The Kier molecular flexibility index (Phi) is 6.88. The molecule has 0 aliphatic carbocycles. The van der Waals surface area contributed by atoms with Crippen molar-refractivity contribution in [2.45, 2.75) is 38.8 Å². The molecule has 2 atom stereocenters. The van der Waals surface area contributed by atoms with Crippen molar-refractivity contribution in [1.82, 2.24) is 16.0 Å². The molecule has 3 amide bonds. The third kappa shape index (κ3) is 5.86. The first-order chi connectivity index (χ1) is 7.92. The number of carbonyl (C=O) groups excluding carboxylic acids is 2. The van der Waals surface area contributed by atoms with Crippen LogP contribution in [-0.4, -0.2) is 42.1 Å². The molecular formula is C10H19N3O4. The van der Waals surface area contributed by atoms with Gasteiger partial charge in [-0.1, -0.05) is 13.3 Å². The number of hydrogen-bond acceptors (Lipinski definition) is 4. The minimum absolute atomic E-state index is 0.424. The van der Waals surface area contributed by atoms with E-state index in [-0.39, 0.29) is 0 Å². The summed E-state index contributed by atoms with van der Waals surface area (Å²) in [5.41, 5.74) is 0. The van der Waals surface area contributed by atoms with Crippen LogP contribution >= 0.6 is 0 Å². The van der Waals surface area contributed by atoms with E-state index in [0.29, 0.717) is 12.8 Å². The lowest BCUT2D eigenvalue weighted by molar-refractivity contribution is -0.140. The number of imide groups is 1. The van der Waals surface area contributed by atoms with E-state index < -0.39 is 30.0 Å². The molecule has 7 heteroatoms. The lowest BCUT2D eigenvalue weighted by atomic mass is 10.1. The first-order valence-corrected chi connectivity index (χ1v) is 5.43. The number of carbonyl (C=O) groups is 3. The number of hydrogen-bond donors (Lipinski definition) is 4. The molecule has 17 heavy (non-hydrogen) atoms. The highest BCUT2D eigenvalue weighted by Gasteiger charge is 2.22. The Morgan fingerprint density at radius 2 is 1.88 bits per heavy atom. The molecule has 0 aromatic carbocycles. The van der Waals surface area contributed by atoms with Crippen LogP contribution < -0.4 is 16.0 Å². The summed E-state index contributed by atoms with van der Waals surface area (Å²) in [5.74, 6) is -1.57. The molecule has 0 bridgehead atoms. The average Bonchev–Trinajstić information content (AvgIpc) is 2.27. The number of rotatable bonds is 6. The predicted molar refractivity (Wildman–Crippen MR) is 61.5 cm³/mol. The minimum Gasteiger partial charge on any atom is -0.480 e. The standard InChI is InChI=1S/C10H19N3O4/c1-4-5-7(9(15)16)12-6(2)8(14)13-10(17)11-3/h6-7,12H,4-5H2,1-3H3,(H,15,16)(H2,11,13,14,17). The molecule has 0 fully saturated rings. The van der Waals surface area contributed by atoms with Gasteiger partial charge in [0.2, 0.25) is 5.91 Å². The van der Waals surface area contributed by atoms with E-state index >= 15 is 0 Å². The van der Waals surface area contributed by atoms with E-state index in [9.17, 15) is 14.4 Å². The lowest BCUT2D eigenvalue weighted by Crippen LogP contribution is -2.51. The summed E-state index contributed by atoms with van der Waals surface area (Å²) >= 11 is 0. The number of urea groups is 1. The van der Waals surface area contributed by atoms with Crippen LogP contribution in [0.25, 0.3) is 0 Å². The molecule has 0 aliphatic rings. The smallest absolute Gasteiger partial charge is 0.321 e. The molecule has 0 aliphatic heterocycles. The Bertz CT molecular complexity index is 293. The lowest BCUT2D eigenvalue weighted by Gasteiger charge is -2.18. The van der Waals surface area contributed by atoms with Crippen molar-refractivity contribution in [3.63, 3.8) is 0 Å². The topological polar surface area (TPSA) is 108 Å². The second-order valence-corrected chi connectivity index (χ2v) is 3.64. The summed E-state index contributed by atoms with van der Waals surface area (Å²) in [6, 6.07) is -2.16. The highest BCUT2D eigenvalue weighted by molar-refractivity contribution is 5.96. The first kappa shape index (κ1) is 15.4. The minimum atomic E-state index is -1.01. The van der Waals surface area contributed by atoms with E-state index in [4.69, 9.17) is 5.11 Å². The quantitative estimate of drug-likeness (QED) is 0.512. The van der Waals surface area contributed by atoms with Crippen LogP contribution in [-0.2, 0) is 9.59 Å². The van der Waals surface area contributed by atoms with Crippen molar-refractivity contribution in [3.8, 4) is 0 Å². The summed E-state index contributed by atoms with van der Waals surface area (Å²) in [6.07, 6.45) is 1.11. The molecule has 0 saturated carbocycles. The third-order valence-corrected chi connectivity index (χ3v) is 2.18. The molecule has 98 valence electrons. The van der Waals surface area contributed by atoms with Crippen molar-refractivity contribution in [3.05, 3.63) is 0 Å². The second kappa shape index (κ2) is 7.61. The zero-order valence-electron chi connectivity index (χ0n) is 10.2. The summed E-state index contributed by atoms with van der Waals surface area (Å²) in [5, 5.41) is 15.9. The molecule has 2 unspecified atom stereocenters. The Hall–Kier alpha value is -1.63. The number of carboxylic acids is 1. The van der Waals surface area contributed by atoms with Crippen molar-refractivity contribution in [2.24, 2.45) is 0 Å². The molecule has 4 N–H and O–H groups in total. The van der Waals surface area contributed by atoms with Gasteiger partial charge in [-0.3, -0.25) is 20.2 Å². The molecule has 0 aromatic rings. The molecular weight excluding hydrogens is 226 g/mol. The van der Waals surface area contributed by atoms with Crippen LogP contribution in [0.2, 0.25) is 0 Å². The Labute approximate surface area is 100.0 Å². The highest BCUT2D eigenvalue weighted by Crippen LogP contribution is 1.98. The number of nitrogens with one attached hydrogen (secondary N) is 3. The maximum Gasteiger partial charge on any atom is 0.321 e. The Morgan fingerprint density at radius 3 is 2.29 bits per heavy atom. The van der Waals surface area contributed by atoms with Gasteiger partial charge in [0, 0.05) is 7.05 Å². The van der Waals surface area contributed by atoms with Gasteiger partial charge in [-0.25, -0.2) is 4.79 Å². The Balaban J connectivity index is 4.29. The summed E-state index contributed by atoms with van der Waals surface area (Å²) in [4.78, 5) is 33.2. The predicted octanol–water partition coefficient (Wildman–Crippen LogP) is -0.327. The average molecular weight is 245 g/mol. The molecule has 0 saturated heterocycles. The van der Waals surface area contributed by atoms with Crippen LogP contribution in [0, 0.1) is 0 Å². The maximum atomic E-state index is 11.4. The summed E-state index contributed by atoms with van der Waals surface area (Å²) < 4.78 is 0. The van der Waals surface area contributed by atoms with Crippen molar-refractivity contribution < 1.29 is 19.5 Å². The third-order valence-electron chi connectivity index (χ3n) is 2.18. The van der Waals surface area contributed by atoms with Crippen molar-refractivity contribution in [1.29, 1.82) is 0 Å². The number of carboxylic acid groups (broad SMARTS) is 1. The molecule has 0 rings (SSSR count). The molecule has 0 heterocycles. The first-order valence-electron chi connectivity index (χ1n) is 5.43. The van der Waals surface area contributed by atoms with Crippen LogP contribution in [0.5, 0.6) is 0 Å². The monoisotopic (exact) mass is 245 g/mol. The molecule has 7 nitrogen and oxygen atoms in total. The maximum absolute atomic E-state index is 11.4. The van der Waals surface area contributed by atoms with E-state index in [2.05, 4.69) is 16.0 Å². The van der Waals surface area contributed by atoms with Crippen LogP contribution in [0.4, 0.5) is 4.79 Å². The zero-order chi connectivity index (χ0) is 13.4. The van der Waals surface area contributed by atoms with E-state index in [1.165, 1.54) is 14.0 Å². The van der Waals surface area contributed by atoms with Crippen LogP contribution in [0.1, 0.15) is 26.7 Å². The highest BCUT2D eigenvalue weighted by atomic mass is 16.4. The Morgan fingerprint density at radius 1 is 1.29 bits per heavy atom. The van der Waals surface area contributed by atoms with Crippen LogP contribution in [0.3, 0.4) is 0 Å². The molecule has 0 radical (unpaired) electrons. The van der Waals surface area contributed by atoms with Crippen molar-refractivity contribution >= 4 is 17.9 Å².